The van der Waals surface area contributed by atoms with Crippen molar-refractivity contribution in [1.29, 1.82) is 5.26 Å². The molecule has 2 rings (SSSR count). The van der Waals surface area contributed by atoms with Gasteiger partial charge in [0, 0.05) is 0 Å². The topological polar surface area (TPSA) is 73.1 Å². The fourth-order valence-corrected chi connectivity index (χ4v) is 2.70. The highest BCUT2D eigenvalue weighted by molar-refractivity contribution is 5.80. The Morgan fingerprint density at radius 3 is 3.00 bits per heavy atom. The van der Waals surface area contributed by atoms with Gasteiger partial charge in [-0.25, -0.2) is 0 Å². The minimum absolute atomic E-state index is 0.148. The number of hydrogen-bond acceptors (Lipinski definition) is 3. The summed E-state index contributed by atoms with van der Waals surface area (Å²) in [6.45, 7) is 2.00. The van der Waals surface area contributed by atoms with Crippen molar-refractivity contribution in [3.8, 4) is 11.8 Å². The maximum atomic E-state index is 12.0. The first-order valence-corrected chi connectivity index (χ1v) is 6.56. The predicted molar refractivity (Wildman–Crippen MR) is 71.3 cm³/mol. The molecule has 0 heterocycles. The monoisotopic (exact) mass is 258 g/mol. The van der Waals surface area contributed by atoms with Crippen LogP contribution in [0.15, 0.2) is 24.3 Å². The third-order valence-corrected chi connectivity index (χ3v) is 3.89. The van der Waals surface area contributed by atoms with Crippen molar-refractivity contribution in [1.82, 2.24) is 5.32 Å². The first-order chi connectivity index (χ1) is 9.05. The van der Waals surface area contributed by atoms with Crippen LogP contribution in [-0.2, 0) is 11.2 Å². The van der Waals surface area contributed by atoms with Gasteiger partial charge < -0.3 is 10.4 Å². The summed E-state index contributed by atoms with van der Waals surface area (Å²) in [6.07, 6.45) is 2.85. The Bertz CT molecular complexity index is 521. The van der Waals surface area contributed by atoms with Gasteiger partial charge in [0.05, 0.1) is 12.5 Å². The van der Waals surface area contributed by atoms with E-state index < -0.39 is 5.54 Å². The number of rotatable bonds is 3. The zero-order valence-electron chi connectivity index (χ0n) is 11.0. The normalized spacial score (nSPS) is 25.8. The summed E-state index contributed by atoms with van der Waals surface area (Å²) in [7, 11) is 0. The summed E-state index contributed by atoms with van der Waals surface area (Å²) in [5, 5.41) is 21.6. The summed E-state index contributed by atoms with van der Waals surface area (Å²) in [4.78, 5) is 12.0. The second kappa shape index (κ2) is 5.31. The van der Waals surface area contributed by atoms with E-state index in [0.717, 1.165) is 24.8 Å². The van der Waals surface area contributed by atoms with Crippen LogP contribution in [0.4, 0.5) is 0 Å². The highest BCUT2D eigenvalue weighted by Gasteiger charge is 2.41. The first-order valence-electron chi connectivity index (χ1n) is 6.56. The van der Waals surface area contributed by atoms with E-state index in [-0.39, 0.29) is 24.0 Å². The number of phenols is 1. The molecule has 4 heteroatoms. The van der Waals surface area contributed by atoms with E-state index in [4.69, 9.17) is 0 Å². The van der Waals surface area contributed by atoms with E-state index in [0.29, 0.717) is 0 Å². The molecule has 100 valence electrons. The van der Waals surface area contributed by atoms with Crippen LogP contribution >= 0.6 is 0 Å². The van der Waals surface area contributed by atoms with Gasteiger partial charge in [0.15, 0.2) is 0 Å². The van der Waals surface area contributed by atoms with Gasteiger partial charge in [-0.1, -0.05) is 19.1 Å². The number of phenolic OH excluding ortho intramolecular Hbond substituents is 1. The van der Waals surface area contributed by atoms with Crippen LogP contribution in [0.25, 0.3) is 0 Å². The van der Waals surface area contributed by atoms with Crippen LogP contribution in [0, 0.1) is 17.2 Å². The van der Waals surface area contributed by atoms with Crippen LogP contribution in [-0.4, -0.2) is 16.6 Å². The van der Waals surface area contributed by atoms with E-state index in [9.17, 15) is 15.2 Å². The quantitative estimate of drug-likeness (QED) is 0.872. The van der Waals surface area contributed by atoms with Gasteiger partial charge in [0.2, 0.25) is 5.91 Å². The molecule has 1 aliphatic rings. The van der Waals surface area contributed by atoms with E-state index in [1.54, 1.807) is 24.3 Å². The largest absolute Gasteiger partial charge is 0.508 e. The van der Waals surface area contributed by atoms with Crippen LogP contribution in [0.3, 0.4) is 0 Å². The van der Waals surface area contributed by atoms with Gasteiger partial charge in [-0.3, -0.25) is 4.79 Å². The third-order valence-electron chi connectivity index (χ3n) is 3.89. The van der Waals surface area contributed by atoms with Gasteiger partial charge >= 0.3 is 0 Å². The zero-order chi connectivity index (χ0) is 13.9. The number of benzene rings is 1. The Kier molecular flexibility index (Phi) is 3.75. The average Bonchev–Trinajstić information content (AvgIpc) is 2.71. The molecule has 2 unspecified atom stereocenters. The fraction of sp³-hybridized carbons (Fsp3) is 0.467. The zero-order valence-corrected chi connectivity index (χ0v) is 11.0. The summed E-state index contributed by atoms with van der Waals surface area (Å²) >= 11 is 0. The van der Waals surface area contributed by atoms with Crippen LogP contribution in [0.2, 0.25) is 0 Å². The molecule has 1 fully saturated rings. The summed E-state index contributed by atoms with van der Waals surface area (Å²) < 4.78 is 0. The van der Waals surface area contributed by atoms with E-state index >= 15 is 0 Å². The second-order valence-corrected chi connectivity index (χ2v) is 5.27. The lowest BCUT2D eigenvalue weighted by molar-refractivity contribution is -0.122. The summed E-state index contributed by atoms with van der Waals surface area (Å²) in [6, 6.07) is 8.90. The minimum Gasteiger partial charge on any atom is -0.508 e. The predicted octanol–water partition coefficient (Wildman–Crippen LogP) is 2.13. The molecule has 2 atom stereocenters. The molecule has 1 aromatic rings. The van der Waals surface area contributed by atoms with Crippen molar-refractivity contribution in [2.45, 2.75) is 38.1 Å². The molecule has 4 nitrogen and oxygen atoms in total. The average molecular weight is 258 g/mol. The molecule has 1 amide bonds. The van der Waals surface area contributed by atoms with E-state index in [2.05, 4.69) is 11.4 Å². The van der Waals surface area contributed by atoms with Crippen molar-refractivity contribution in [2.75, 3.05) is 0 Å². The van der Waals surface area contributed by atoms with Gasteiger partial charge in [-0.05, 0) is 42.9 Å². The smallest absolute Gasteiger partial charge is 0.225 e. The molecular weight excluding hydrogens is 240 g/mol. The van der Waals surface area contributed by atoms with Crippen LogP contribution < -0.4 is 5.32 Å². The second-order valence-electron chi connectivity index (χ2n) is 5.27. The molecule has 1 aromatic carbocycles. The van der Waals surface area contributed by atoms with E-state index in [1.807, 2.05) is 6.92 Å². The minimum atomic E-state index is -0.714. The Morgan fingerprint density at radius 2 is 2.42 bits per heavy atom. The van der Waals surface area contributed by atoms with Crippen molar-refractivity contribution < 1.29 is 9.90 Å². The van der Waals surface area contributed by atoms with Gasteiger partial charge in [0.25, 0.3) is 0 Å². The number of carbonyl (C=O) groups is 1. The van der Waals surface area contributed by atoms with Crippen LogP contribution in [0.5, 0.6) is 5.75 Å². The highest BCUT2D eigenvalue weighted by Crippen LogP contribution is 2.34. The van der Waals surface area contributed by atoms with Crippen molar-refractivity contribution in [3.63, 3.8) is 0 Å². The summed E-state index contributed by atoms with van der Waals surface area (Å²) in [5.41, 5.74) is 0.0321. The summed E-state index contributed by atoms with van der Waals surface area (Å²) in [5.74, 6) is 0.168. The number of nitrogens with one attached hydrogen (secondary N) is 1. The van der Waals surface area contributed by atoms with Crippen LogP contribution in [0.1, 0.15) is 31.7 Å². The van der Waals surface area contributed by atoms with Crippen molar-refractivity contribution in [2.24, 2.45) is 5.92 Å². The molecule has 0 saturated heterocycles. The molecule has 0 bridgehead atoms. The maximum Gasteiger partial charge on any atom is 0.225 e. The van der Waals surface area contributed by atoms with Crippen molar-refractivity contribution in [3.05, 3.63) is 29.8 Å². The molecule has 19 heavy (non-hydrogen) atoms. The number of carbonyl (C=O) groups excluding carboxylic acids is 1. The lowest BCUT2D eigenvalue weighted by Gasteiger charge is -2.27. The maximum absolute atomic E-state index is 12.0. The Hall–Kier alpha value is -2.02. The molecule has 0 aliphatic heterocycles. The number of nitrogens with zero attached hydrogens (tertiary/aromatic N) is 1. The number of nitriles is 1. The third kappa shape index (κ3) is 2.87. The fourth-order valence-electron chi connectivity index (χ4n) is 2.70. The molecular formula is C15H18N2O2. The Balaban J connectivity index is 2.03. The Labute approximate surface area is 113 Å². The molecule has 0 aromatic heterocycles. The number of hydrogen-bond donors (Lipinski definition) is 2. The van der Waals surface area contributed by atoms with Gasteiger partial charge in [-0.15, -0.1) is 0 Å². The SMILES string of the molecule is CC1CCCC1(C#N)NC(=O)Cc1cccc(O)c1. The number of amides is 1. The molecule has 0 radical (unpaired) electrons. The molecule has 1 saturated carbocycles. The lowest BCUT2D eigenvalue weighted by atomic mass is 9.89. The lowest BCUT2D eigenvalue weighted by Crippen LogP contribution is -2.49. The highest BCUT2D eigenvalue weighted by atomic mass is 16.3. The van der Waals surface area contributed by atoms with Gasteiger partial charge in [0.1, 0.15) is 11.3 Å². The van der Waals surface area contributed by atoms with E-state index in [1.165, 1.54) is 0 Å². The standard InChI is InChI=1S/C15H18N2O2/c1-11-4-3-7-15(11,10-16)17-14(19)9-12-5-2-6-13(18)8-12/h2,5-6,8,11,18H,3-4,7,9H2,1H3,(H,17,19). The Morgan fingerprint density at radius 1 is 1.63 bits per heavy atom. The van der Waals surface area contributed by atoms with Gasteiger partial charge in [-0.2, -0.15) is 5.26 Å². The first kappa shape index (κ1) is 13.4. The van der Waals surface area contributed by atoms with Crippen molar-refractivity contribution >= 4 is 5.91 Å². The molecule has 0 spiro atoms. The number of aromatic hydroxyl groups is 1. The molecule has 2 N–H and O–H groups in total. The molecule has 1 aliphatic carbocycles.